The quantitative estimate of drug-likeness (QED) is 0.632. The third-order valence-electron chi connectivity index (χ3n) is 3.49. The molecule has 3 rings (SSSR count). The van der Waals surface area contributed by atoms with E-state index in [9.17, 15) is 9.59 Å². The van der Waals surface area contributed by atoms with E-state index in [2.05, 4.69) is 4.74 Å². The van der Waals surface area contributed by atoms with Crippen LogP contribution >= 0.6 is 23.2 Å². The second-order valence-electron chi connectivity index (χ2n) is 5.07. The number of ether oxygens (including phenoxy) is 2. The Bertz CT molecular complexity index is 1010. The van der Waals surface area contributed by atoms with Crippen molar-refractivity contribution in [2.24, 2.45) is 0 Å². The predicted molar refractivity (Wildman–Crippen MR) is 95.5 cm³/mol. The van der Waals surface area contributed by atoms with E-state index in [1.54, 1.807) is 36.4 Å². The number of esters is 1. The number of benzene rings is 2. The third-order valence-corrected chi connectivity index (χ3v) is 4.06. The minimum atomic E-state index is -0.629. The molecular formula is C18H12Cl2O5. The average Bonchev–Trinajstić information content (AvgIpc) is 2.61. The lowest BCUT2D eigenvalue weighted by Crippen LogP contribution is -2.17. The third kappa shape index (κ3) is 3.48. The van der Waals surface area contributed by atoms with Crippen molar-refractivity contribution in [1.82, 2.24) is 0 Å². The summed E-state index contributed by atoms with van der Waals surface area (Å²) >= 11 is 12.2. The first-order valence-electron chi connectivity index (χ1n) is 7.22. The maximum atomic E-state index is 12.8. The second-order valence-corrected chi connectivity index (χ2v) is 5.92. The molecule has 0 saturated carbocycles. The SMILES string of the molecule is COC(=O)COc1c(-c2ccccc2Cl)oc2ccc(Cl)cc2c1=O. The van der Waals surface area contributed by atoms with Crippen molar-refractivity contribution in [3.8, 4) is 17.1 Å². The van der Waals surface area contributed by atoms with Crippen LogP contribution in [0.15, 0.2) is 51.7 Å². The zero-order valence-electron chi connectivity index (χ0n) is 13.0. The Kier molecular flexibility index (Phi) is 4.97. The largest absolute Gasteiger partial charge is 0.474 e. The Hall–Kier alpha value is -2.50. The standard InChI is InChI=1S/C18H12Cl2O5/c1-23-15(21)9-24-18-16(22)12-8-10(19)6-7-14(12)25-17(18)11-4-2-3-5-13(11)20/h2-8H,9H2,1H3. The molecule has 0 aliphatic heterocycles. The molecule has 5 nitrogen and oxygen atoms in total. The van der Waals surface area contributed by atoms with Gasteiger partial charge in [-0.25, -0.2) is 4.79 Å². The van der Waals surface area contributed by atoms with Crippen LogP contribution in [0.4, 0.5) is 0 Å². The van der Waals surface area contributed by atoms with E-state index in [1.807, 2.05) is 0 Å². The normalized spacial score (nSPS) is 10.7. The van der Waals surface area contributed by atoms with Crippen LogP contribution in [0.1, 0.15) is 0 Å². The number of rotatable bonds is 4. The molecule has 2 aromatic carbocycles. The molecule has 0 N–H and O–H groups in total. The van der Waals surface area contributed by atoms with Gasteiger partial charge in [-0.3, -0.25) is 4.79 Å². The van der Waals surface area contributed by atoms with Crippen molar-refractivity contribution in [1.29, 1.82) is 0 Å². The Morgan fingerprint density at radius 2 is 1.92 bits per heavy atom. The number of methoxy groups -OCH3 is 1. The molecule has 0 unspecified atom stereocenters. The molecule has 0 saturated heterocycles. The van der Waals surface area contributed by atoms with Gasteiger partial charge in [-0.1, -0.05) is 35.3 Å². The lowest BCUT2D eigenvalue weighted by molar-refractivity contribution is -0.142. The Labute approximate surface area is 152 Å². The molecule has 0 aliphatic carbocycles. The van der Waals surface area contributed by atoms with Crippen LogP contribution in [0.5, 0.6) is 5.75 Å². The Morgan fingerprint density at radius 1 is 1.16 bits per heavy atom. The molecule has 0 bridgehead atoms. The maximum absolute atomic E-state index is 12.8. The summed E-state index contributed by atoms with van der Waals surface area (Å²) in [6.45, 7) is -0.440. The van der Waals surface area contributed by atoms with Gasteiger partial charge in [0.05, 0.1) is 17.5 Å². The predicted octanol–water partition coefficient (Wildman–Crippen LogP) is 4.32. The van der Waals surface area contributed by atoms with E-state index in [0.717, 1.165) is 0 Å². The lowest BCUT2D eigenvalue weighted by atomic mass is 10.1. The second kappa shape index (κ2) is 7.17. The number of carbonyl (C=O) groups is 1. The van der Waals surface area contributed by atoms with Crippen LogP contribution < -0.4 is 10.2 Å². The first kappa shape index (κ1) is 17.3. The number of halogens is 2. The summed E-state index contributed by atoms with van der Waals surface area (Å²) in [6.07, 6.45) is 0. The van der Waals surface area contributed by atoms with Crippen molar-refractivity contribution in [2.45, 2.75) is 0 Å². The van der Waals surface area contributed by atoms with Crippen LogP contribution in [-0.2, 0) is 9.53 Å². The van der Waals surface area contributed by atoms with Crippen molar-refractivity contribution in [2.75, 3.05) is 13.7 Å². The van der Waals surface area contributed by atoms with E-state index in [1.165, 1.54) is 13.2 Å². The summed E-state index contributed by atoms with van der Waals surface area (Å²) in [5, 5.41) is 0.995. The van der Waals surface area contributed by atoms with E-state index >= 15 is 0 Å². The van der Waals surface area contributed by atoms with Gasteiger partial charge in [-0.15, -0.1) is 0 Å². The van der Waals surface area contributed by atoms with Crippen LogP contribution in [-0.4, -0.2) is 19.7 Å². The molecule has 128 valence electrons. The Morgan fingerprint density at radius 3 is 2.64 bits per heavy atom. The fourth-order valence-corrected chi connectivity index (χ4v) is 2.69. The molecule has 0 atom stereocenters. The van der Waals surface area contributed by atoms with Gasteiger partial charge < -0.3 is 13.9 Å². The van der Waals surface area contributed by atoms with Gasteiger partial charge in [-0.05, 0) is 30.3 Å². The van der Waals surface area contributed by atoms with Crippen LogP contribution in [0.3, 0.4) is 0 Å². The molecule has 3 aromatic rings. The fourth-order valence-electron chi connectivity index (χ4n) is 2.29. The van der Waals surface area contributed by atoms with Gasteiger partial charge in [-0.2, -0.15) is 0 Å². The maximum Gasteiger partial charge on any atom is 0.343 e. The van der Waals surface area contributed by atoms with Gasteiger partial charge >= 0.3 is 5.97 Å². The smallest absolute Gasteiger partial charge is 0.343 e. The van der Waals surface area contributed by atoms with Gasteiger partial charge in [0.2, 0.25) is 11.2 Å². The number of fused-ring (bicyclic) bond motifs is 1. The molecular weight excluding hydrogens is 367 g/mol. The molecule has 0 aliphatic rings. The fraction of sp³-hybridized carbons (Fsp3) is 0.111. The molecule has 7 heteroatoms. The summed E-state index contributed by atoms with van der Waals surface area (Å²) in [6, 6.07) is 11.5. The highest BCUT2D eigenvalue weighted by Gasteiger charge is 2.20. The minimum absolute atomic E-state index is 0.131. The van der Waals surface area contributed by atoms with Crippen LogP contribution in [0.2, 0.25) is 10.0 Å². The molecule has 0 radical (unpaired) electrons. The van der Waals surface area contributed by atoms with Crippen molar-refractivity contribution >= 4 is 40.1 Å². The first-order chi connectivity index (χ1) is 12.0. The average molecular weight is 379 g/mol. The summed E-state index contributed by atoms with van der Waals surface area (Å²) in [4.78, 5) is 24.2. The zero-order valence-corrected chi connectivity index (χ0v) is 14.6. The molecule has 0 spiro atoms. The van der Waals surface area contributed by atoms with Gasteiger partial charge in [0.1, 0.15) is 5.58 Å². The highest BCUT2D eigenvalue weighted by Crippen LogP contribution is 2.35. The van der Waals surface area contributed by atoms with Crippen LogP contribution in [0.25, 0.3) is 22.3 Å². The monoisotopic (exact) mass is 378 g/mol. The van der Waals surface area contributed by atoms with Crippen molar-refractivity contribution < 1.29 is 18.7 Å². The van der Waals surface area contributed by atoms with E-state index in [4.69, 9.17) is 32.4 Å². The summed E-state index contributed by atoms with van der Waals surface area (Å²) in [5.74, 6) is -0.627. The summed E-state index contributed by atoms with van der Waals surface area (Å²) < 4.78 is 15.8. The topological polar surface area (TPSA) is 65.7 Å². The van der Waals surface area contributed by atoms with E-state index < -0.39 is 18.0 Å². The molecule has 0 fully saturated rings. The molecule has 25 heavy (non-hydrogen) atoms. The molecule has 1 heterocycles. The highest BCUT2D eigenvalue weighted by molar-refractivity contribution is 6.33. The lowest BCUT2D eigenvalue weighted by Gasteiger charge is -2.12. The first-order valence-corrected chi connectivity index (χ1v) is 7.97. The van der Waals surface area contributed by atoms with Crippen molar-refractivity contribution in [3.63, 3.8) is 0 Å². The molecule has 1 aromatic heterocycles. The van der Waals surface area contributed by atoms with Crippen LogP contribution in [0, 0.1) is 0 Å². The number of hydrogen-bond acceptors (Lipinski definition) is 5. The molecule has 0 amide bonds. The summed E-state index contributed by atoms with van der Waals surface area (Å²) in [5.41, 5.74) is 0.343. The van der Waals surface area contributed by atoms with E-state index in [-0.39, 0.29) is 16.9 Å². The Balaban J connectivity index is 2.26. The van der Waals surface area contributed by atoms with Gasteiger partial charge in [0.15, 0.2) is 12.4 Å². The van der Waals surface area contributed by atoms with E-state index in [0.29, 0.717) is 21.2 Å². The summed E-state index contributed by atoms with van der Waals surface area (Å²) in [7, 11) is 1.23. The number of hydrogen-bond donors (Lipinski definition) is 0. The highest BCUT2D eigenvalue weighted by atomic mass is 35.5. The number of carbonyl (C=O) groups excluding carboxylic acids is 1. The van der Waals surface area contributed by atoms with Crippen molar-refractivity contribution in [3.05, 3.63) is 62.7 Å². The van der Waals surface area contributed by atoms with Gasteiger partial charge in [0, 0.05) is 10.6 Å². The zero-order chi connectivity index (χ0) is 18.0. The minimum Gasteiger partial charge on any atom is -0.474 e. The van der Waals surface area contributed by atoms with Gasteiger partial charge in [0.25, 0.3) is 0 Å².